The topological polar surface area (TPSA) is 138 Å². The molecule has 0 saturated heterocycles. The molecule has 0 spiro atoms. The van der Waals surface area contributed by atoms with E-state index in [0.29, 0.717) is 23.0 Å². The molecular formula is C28H32N8OS. The van der Waals surface area contributed by atoms with Gasteiger partial charge in [-0.1, -0.05) is 12.1 Å². The lowest BCUT2D eigenvalue weighted by Gasteiger charge is -2.25. The second-order valence-corrected chi connectivity index (χ2v) is 11.5. The molecule has 2 aromatic carbocycles. The predicted molar refractivity (Wildman–Crippen MR) is 153 cm³/mol. The van der Waals surface area contributed by atoms with Crippen LogP contribution in [0.15, 0.2) is 53.9 Å². The van der Waals surface area contributed by atoms with Crippen molar-refractivity contribution >= 4 is 43.8 Å². The van der Waals surface area contributed by atoms with Crippen LogP contribution in [0, 0.1) is 18.3 Å². The number of thiazole rings is 1. The number of hydrogen-bond acceptors (Lipinski definition) is 10. The summed E-state index contributed by atoms with van der Waals surface area (Å²) in [5, 5.41) is 15.9. The monoisotopic (exact) mass is 528 g/mol. The highest BCUT2D eigenvalue weighted by Gasteiger charge is 2.27. The van der Waals surface area contributed by atoms with Gasteiger partial charge in [0.1, 0.15) is 6.07 Å². The average molecular weight is 529 g/mol. The van der Waals surface area contributed by atoms with Crippen molar-refractivity contribution in [3.8, 4) is 6.07 Å². The van der Waals surface area contributed by atoms with E-state index in [4.69, 9.17) is 16.4 Å². The van der Waals surface area contributed by atoms with Crippen LogP contribution in [0.1, 0.15) is 56.3 Å². The molecular weight excluding hydrogens is 496 g/mol. The molecule has 1 atom stereocenters. The first-order valence-corrected chi connectivity index (χ1v) is 13.4. The predicted octanol–water partition coefficient (Wildman–Crippen LogP) is 5.46. The Morgan fingerprint density at radius 1 is 1.29 bits per heavy atom. The molecule has 4 aromatic rings. The standard InChI is InChI=1S/C28H32N8OS/c1-16-10-18(11-21-24(16)32-13-17(12-29)25(21)35-37-28(2,3)4)34-26(22(30)14-36(31)19-8-9-19)20-6-5-7-23-27(20)38-15-33-23/h5-7,10-11,13-15,19,26,34H,8-9,30-31H2,1-4H3,(H,32,35)/b22-14-. The van der Waals surface area contributed by atoms with Gasteiger partial charge in [-0.15, -0.1) is 11.3 Å². The molecule has 1 unspecified atom stereocenters. The number of nitrogens with zero attached hydrogens (tertiary/aromatic N) is 4. The molecule has 9 nitrogen and oxygen atoms in total. The van der Waals surface area contributed by atoms with Crippen molar-refractivity contribution in [1.82, 2.24) is 15.0 Å². The second-order valence-electron chi connectivity index (χ2n) is 10.6. The molecule has 6 N–H and O–H groups in total. The van der Waals surface area contributed by atoms with Gasteiger partial charge in [0.15, 0.2) is 0 Å². The van der Waals surface area contributed by atoms with E-state index in [0.717, 1.165) is 50.8 Å². The third-order valence-electron chi connectivity index (χ3n) is 6.35. The van der Waals surface area contributed by atoms with Gasteiger partial charge >= 0.3 is 0 Å². The van der Waals surface area contributed by atoms with Gasteiger partial charge in [-0.25, -0.2) is 10.8 Å². The number of anilines is 2. The van der Waals surface area contributed by atoms with Crippen LogP contribution in [-0.2, 0) is 4.84 Å². The van der Waals surface area contributed by atoms with Crippen LogP contribution >= 0.6 is 11.3 Å². The first-order chi connectivity index (χ1) is 18.1. The van der Waals surface area contributed by atoms with E-state index >= 15 is 0 Å². The first kappa shape index (κ1) is 25.7. The van der Waals surface area contributed by atoms with Gasteiger partial charge in [-0.3, -0.25) is 15.3 Å². The van der Waals surface area contributed by atoms with Gasteiger partial charge in [0.25, 0.3) is 0 Å². The molecule has 1 aliphatic rings. The van der Waals surface area contributed by atoms with Crippen LogP contribution in [-0.4, -0.2) is 26.6 Å². The maximum absolute atomic E-state index is 9.78. The molecule has 38 heavy (non-hydrogen) atoms. The van der Waals surface area contributed by atoms with Crippen LogP contribution in [0.4, 0.5) is 11.4 Å². The molecule has 1 saturated carbocycles. The number of aryl methyl sites for hydroxylation is 1. The molecule has 0 bridgehead atoms. The number of rotatable bonds is 8. The van der Waals surface area contributed by atoms with Crippen molar-refractivity contribution in [2.75, 3.05) is 10.8 Å². The minimum absolute atomic E-state index is 0.322. The Balaban J connectivity index is 1.60. The molecule has 5 rings (SSSR count). The molecule has 0 aliphatic heterocycles. The maximum Gasteiger partial charge on any atom is 0.103 e. The Labute approximate surface area is 226 Å². The lowest BCUT2D eigenvalue weighted by molar-refractivity contribution is 0.0377. The lowest BCUT2D eigenvalue weighted by Crippen LogP contribution is -2.30. The minimum atomic E-state index is -0.458. The fourth-order valence-corrected chi connectivity index (χ4v) is 5.17. The zero-order chi connectivity index (χ0) is 27.0. The van der Waals surface area contributed by atoms with Crippen LogP contribution in [0.25, 0.3) is 21.1 Å². The summed E-state index contributed by atoms with van der Waals surface area (Å²) in [7, 11) is 0. The minimum Gasteiger partial charge on any atom is -0.399 e. The van der Waals surface area contributed by atoms with E-state index in [-0.39, 0.29) is 6.04 Å². The van der Waals surface area contributed by atoms with Gasteiger partial charge < -0.3 is 16.1 Å². The summed E-state index contributed by atoms with van der Waals surface area (Å²) in [4.78, 5) is 14.9. The summed E-state index contributed by atoms with van der Waals surface area (Å²) in [5.41, 5.74) is 17.2. The van der Waals surface area contributed by atoms with E-state index in [1.165, 1.54) is 0 Å². The Bertz CT molecular complexity index is 1560. The number of benzene rings is 2. The van der Waals surface area contributed by atoms with Crippen molar-refractivity contribution < 1.29 is 4.84 Å². The van der Waals surface area contributed by atoms with E-state index in [2.05, 4.69) is 32.9 Å². The molecule has 0 amide bonds. The van der Waals surface area contributed by atoms with E-state index in [9.17, 15) is 5.26 Å². The third kappa shape index (κ3) is 5.36. The van der Waals surface area contributed by atoms with Gasteiger partial charge in [0.2, 0.25) is 0 Å². The fraction of sp³-hybridized carbons (Fsp3) is 0.321. The Kier molecular flexibility index (Phi) is 6.84. The number of hydrogen-bond donors (Lipinski definition) is 4. The number of hydrazine groups is 1. The van der Waals surface area contributed by atoms with Crippen molar-refractivity contribution in [1.29, 1.82) is 5.26 Å². The smallest absolute Gasteiger partial charge is 0.103 e. The van der Waals surface area contributed by atoms with Crippen molar-refractivity contribution in [3.63, 3.8) is 0 Å². The molecule has 1 fully saturated rings. The quantitative estimate of drug-likeness (QED) is 0.173. The SMILES string of the molecule is Cc1cc(NC(/C(N)=C/N(N)C2CC2)c2cccc3ncsc23)cc2c(NOC(C)(C)C)c(C#N)cnc12. The van der Waals surface area contributed by atoms with Gasteiger partial charge in [-0.05, 0) is 69.9 Å². The zero-order valence-electron chi connectivity index (χ0n) is 21.9. The highest BCUT2D eigenvalue weighted by atomic mass is 32.1. The maximum atomic E-state index is 9.78. The van der Waals surface area contributed by atoms with Crippen LogP contribution in [0.3, 0.4) is 0 Å². The van der Waals surface area contributed by atoms with Crippen molar-refractivity contribution in [2.24, 2.45) is 11.6 Å². The fourth-order valence-electron chi connectivity index (χ4n) is 4.33. The van der Waals surface area contributed by atoms with E-state index in [1.54, 1.807) is 22.5 Å². The summed E-state index contributed by atoms with van der Waals surface area (Å²) in [6.45, 7) is 7.81. The van der Waals surface area contributed by atoms with Gasteiger partial charge in [-0.2, -0.15) is 5.26 Å². The van der Waals surface area contributed by atoms with Crippen molar-refractivity contribution in [3.05, 3.63) is 70.6 Å². The Hall–Kier alpha value is -3.91. The first-order valence-electron chi connectivity index (χ1n) is 12.5. The average Bonchev–Trinajstić information content (AvgIpc) is 3.62. The van der Waals surface area contributed by atoms with Crippen molar-refractivity contribution in [2.45, 2.75) is 58.2 Å². The zero-order valence-corrected chi connectivity index (χ0v) is 22.8. The Morgan fingerprint density at radius 3 is 2.79 bits per heavy atom. The Morgan fingerprint density at radius 2 is 2.08 bits per heavy atom. The molecule has 2 aromatic heterocycles. The van der Waals surface area contributed by atoms with Crippen LogP contribution < -0.4 is 22.4 Å². The molecule has 1 aliphatic carbocycles. The highest BCUT2D eigenvalue weighted by molar-refractivity contribution is 7.17. The third-order valence-corrected chi connectivity index (χ3v) is 7.24. The molecule has 196 valence electrons. The number of aromatic nitrogens is 2. The van der Waals surface area contributed by atoms with Gasteiger partial charge in [0, 0.05) is 29.5 Å². The van der Waals surface area contributed by atoms with E-state index < -0.39 is 5.60 Å². The summed E-state index contributed by atoms with van der Waals surface area (Å²) >= 11 is 1.58. The molecule has 2 heterocycles. The van der Waals surface area contributed by atoms with E-state index in [1.807, 2.05) is 63.7 Å². The van der Waals surface area contributed by atoms with Crippen LogP contribution in [0.2, 0.25) is 0 Å². The largest absolute Gasteiger partial charge is 0.399 e. The summed E-state index contributed by atoms with van der Waals surface area (Å²) in [6, 6.07) is 12.2. The highest BCUT2D eigenvalue weighted by Crippen LogP contribution is 2.36. The normalized spacial score (nSPS) is 14.9. The summed E-state index contributed by atoms with van der Waals surface area (Å²) in [5.74, 6) is 6.28. The molecule has 10 heteroatoms. The van der Waals surface area contributed by atoms with Gasteiger partial charge in [0.05, 0.1) is 49.8 Å². The lowest BCUT2D eigenvalue weighted by atomic mass is 10.0. The number of nitrogens with two attached hydrogens (primary N) is 2. The second kappa shape index (κ2) is 10.1. The summed E-state index contributed by atoms with van der Waals surface area (Å²) in [6.07, 6.45) is 5.52. The van der Waals surface area contributed by atoms with Crippen LogP contribution in [0.5, 0.6) is 0 Å². The number of fused-ring (bicyclic) bond motifs is 2. The molecule has 0 radical (unpaired) electrons. The number of pyridine rings is 1. The number of nitriles is 1. The summed E-state index contributed by atoms with van der Waals surface area (Å²) < 4.78 is 1.06. The number of nitrogens with one attached hydrogen (secondary N) is 2.